The van der Waals surface area contributed by atoms with Crippen LogP contribution in [0.2, 0.25) is 0 Å². The zero-order valence-corrected chi connectivity index (χ0v) is 18.1. The highest BCUT2D eigenvalue weighted by molar-refractivity contribution is 5.99. The third-order valence-electron chi connectivity index (χ3n) is 5.62. The summed E-state index contributed by atoms with van der Waals surface area (Å²) >= 11 is 0. The molecule has 162 valence electrons. The van der Waals surface area contributed by atoms with Crippen LogP contribution in [0.5, 0.6) is 0 Å². The van der Waals surface area contributed by atoms with Gasteiger partial charge in [0.2, 0.25) is 0 Å². The lowest BCUT2D eigenvalue weighted by molar-refractivity contribution is 0.0979. The summed E-state index contributed by atoms with van der Waals surface area (Å²) in [4.78, 5) is 30.9. The van der Waals surface area contributed by atoms with Gasteiger partial charge >= 0.3 is 0 Å². The van der Waals surface area contributed by atoms with E-state index in [1.54, 1.807) is 24.9 Å². The molecule has 2 aromatic carbocycles. The molecule has 0 atom stereocenters. The van der Waals surface area contributed by atoms with Crippen molar-refractivity contribution < 1.29 is 4.79 Å². The number of rotatable bonds is 8. The van der Waals surface area contributed by atoms with Crippen molar-refractivity contribution >= 4 is 16.8 Å². The van der Waals surface area contributed by atoms with Crippen LogP contribution in [0.3, 0.4) is 0 Å². The molecular weight excluding hydrogens is 410 g/mol. The first kappa shape index (κ1) is 20.7. The van der Waals surface area contributed by atoms with Gasteiger partial charge in [0, 0.05) is 54.4 Å². The predicted molar refractivity (Wildman–Crippen MR) is 129 cm³/mol. The first-order valence-electron chi connectivity index (χ1n) is 11.0. The number of fused-ring (bicyclic) bond motifs is 1. The fourth-order valence-corrected chi connectivity index (χ4v) is 3.88. The van der Waals surface area contributed by atoms with E-state index in [0.29, 0.717) is 12.0 Å². The van der Waals surface area contributed by atoms with Gasteiger partial charge in [-0.2, -0.15) is 0 Å². The number of benzene rings is 2. The molecule has 0 aliphatic carbocycles. The average Bonchev–Trinajstić information content (AvgIpc) is 3.40. The Hall–Kier alpha value is -4.19. The van der Waals surface area contributed by atoms with Crippen LogP contribution in [0.1, 0.15) is 29.6 Å². The molecule has 0 spiro atoms. The summed E-state index contributed by atoms with van der Waals surface area (Å²) in [5, 5.41) is 0. The van der Waals surface area contributed by atoms with Crippen LogP contribution in [0.4, 0.5) is 0 Å². The van der Waals surface area contributed by atoms with Crippen molar-refractivity contribution in [3.8, 4) is 22.5 Å². The molecule has 0 N–H and O–H groups in total. The quantitative estimate of drug-likeness (QED) is 0.235. The first-order valence-corrected chi connectivity index (χ1v) is 11.0. The second-order valence-electron chi connectivity index (χ2n) is 7.91. The van der Waals surface area contributed by atoms with Crippen molar-refractivity contribution in [1.82, 2.24) is 24.5 Å². The van der Waals surface area contributed by atoms with E-state index in [1.165, 1.54) is 0 Å². The molecular formula is C27H23N5O. The van der Waals surface area contributed by atoms with Crippen LogP contribution in [0, 0.1) is 0 Å². The summed E-state index contributed by atoms with van der Waals surface area (Å²) in [5.74, 6) is 0.129. The average molecular weight is 434 g/mol. The SMILES string of the molecule is O=C(CCCCn1ccnc1)c1ccc2nc(-c3ccncc3)c(-c3ccccc3)nc2c1. The molecule has 0 saturated heterocycles. The minimum atomic E-state index is 0.129. The van der Waals surface area contributed by atoms with E-state index in [9.17, 15) is 4.79 Å². The topological polar surface area (TPSA) is 73.6 Å². The van der Waals surface area contributed by atoms with Crippen LogP contribution < -0.4 is 0 Å². The van der Waals surface area contributed by atoms with Crippen LogP contribution in [0.15, 0.2) is 91.8 Å². The second-order valence-corrected chi connectivity index (χ2v) is 7.91. The molecule has 0 unspecified atom stereocenters. The maximum absolute atomic E-state index is 12.8. The molecule has 0 saturated carbocycles. The fraction of sp³-hybridized carbons (Fsp3) is 0.148. The molecule has 3 aromatic heterocycles. The molecule has 0 amide bonds. The highest BCUT2D eigenvalue weighted by Crippen LogP contribution is 2.31. The molecule has 0 radical (unpaired) electrons. The number of nitrogens with zero attached hydrogens (tertiary/aromatic N) is 5. The third-order valence-corrected chi connectivity index (χ3v) is 5.62. The summed E-state index contributed by atoms with van der Waals surface area (Å²) < 4.78 is 2.03. The number of Topliss-reactive ketones (excluding diaryl/α,β-unsaturated/α-hetero) is 1. The summed E-state index contributed by atoms with van der Waals surface area (Å²) in [7, 11) is 0. The van der Waals surface area contributed by atoms with Gasteiger partial charge in [-0.05, 0) is 43.2 Å². The highest BCUT2D eigenvalue weighted by Gasteiger charge is 2.15. The lowest BCUT2D eigenvalue weighted by Gasteiger charge is -2.11. The van der Waals surface area contributed by atoms with E-state index < -0.39 is 0 Å². The minimum Gasteiger partial charge on any atom is -0.337 e. The molecule has 6 heteroatoms. The Labute approximate surface area is 192 Å². The Morgan fingerprint density at radius 1 is 0.758 bits per heavy atom. The molecule has 3 heterocycles. The molecule has 0 aliphatic rings. The summed E-state index contributed by atoms with van der Waals surface area (Å²) in [6.45, 7) is 0.870. The monoisotopic (exact) mass is 433 g/mol. The number of hydrogen-bond acceptors (Lipinski definition) is 5. The predicted octanol–water partition coefficient (Wildman–Crippen LogP) is 5.61. The number of aromatic nitrogens is 5. The summed E-state index contributed by atoms with van der Waals surface area (Å²) in [5.41, 5.74) is 5.68. The Kier molecular flexibility index (Phi) is 5.97. The Morgan fingerprint density at radius 3 is 2.27 bits per heavy atom. The van der Waals surface area contributed by atoms with Gasteiger partial charge in [-0.15, -0.1) is 0 Å². The van der Waals surface area contributed by atoms with Crippen molar-refractivity contribution in [2.75, 3.05) is 0 Å². The van der Waals surface area contributed by atoms with Gasteiger partial charge in [-0.1, -0.05) is 30.3 Å². The molecule has 0 aliphatic heterocycles. The maximum atomic E-state index is 12.8. The molecule has 6 nitrogen and oxygen atoms in total. The number of pyridine rings is 1. The van der Waals surface area contributed by atoms with Gasteiger partial charge in [0.25, 0.3) is 0 Å². The van der Waals surface area contributed by atoms with Crippen molar-refractivity contribution in [2.24, 2.45) is 0 Å². The fourth-order valence-electron chi connectivity index (χ4n) is 3.88. The smallest absolute Gasteiger partial charge is 0.162 e. The van der Waals surface area contributed by atoms with Crippen molar-refractivity contribution in [2.45, 2.75) is 25.8 Å². The van der Waals surface area contributed by atoms with Crippen LogP contribution in [0.25, 0.3) is 33.5 Å². The Bertz CT molecular complexity index is 1370. The van der Waals surface area contributed by atoms with Gasteiger partial charge in [0.05, 0.1) is 28.7 Å². The van der Waals surface area contributed by atoms with E-state index in [4.69, 9.17) is 9.97 Å². The van der Waals surface area contributed by atoms with Gasteiger partial charge in [-0.3, -0.25) is 9.78 Å². The summed E-state index contributed by atoms with van der Waals surface area (Å²) in [6.07, 6.45) is 11.3. The number of unbranched alkanes of at least 4 members (excludes halogenated alkanes) is 1. The number of carbonyl (C=O) groups is 1. The maximum Gasteiger partial charge on any atom is 0.162 e. The number of hydrogen-bond donors (Lipinski definition) is 0. The van der Waals surface area contributed by atoms with Crippen LogP contribution >= 0.6 is 0 Å². The van der Waals surface area contributed by atoms with E-state index in [0.717, 1.165) is 52.9 Å². The van der Waals surface area contributed by atoms with Gasteiger partial charge < -0.3 is 4.57 Å². The minimum absolute atomic E-state index is 0.129. The Morgan fingerprint density at radius 2 is 1.52 bits per heavy atom. The number of ketones is 1. The van der Waals surface area contributed by atoms with E-state index in [1.807, 2.05) is 71.4 Å². The number of imidazole rings is 1. The standard InChI is InChI=1S/C27H23N5O/c33-25(8-4-5-16-32-17-15-29-19-32)22-9-10-23-24(18-22)31-26(20-6-2-1-3-7-20)27(30-23)21-11-13-28-14-12-21/h1-3,6-7,9-15,17-19H,4-5,8,16H2. The van der Waals surface area contributed by atoms with Crippen LogP contribution in [-0.4, -0.2) is 30.3 Å². The third kappa shape index (κ3) is 4.70. The van der Waals surface area contributed by atoms with Gasteiger partial charge in [0.1, 0.15) is 0 Å². The van der Waals surface area contributed by atoms with Crippen molar-refractivity contribution in [3.63, 3.8) is 0 Å². The van der Waals surface area contributed by atoms with E-state index in [2.05, 4.69) is 9.97 Å². The van der Waals surface area contributed by atoms with Crippen molar-refractivity contribution in [3.05, 3.63) is 97.3 Å². The van der Waals surface area contributed by atoms with E-state index >= 15 is 0 Å². The van der Waals surface area contributed by atoms with Crippen molar-refractivity contribution in [1.29, 1.82) is 0 Å². The lowest BCUT2D eigenvalue weighted by atomic mass is 10.0. The molecule has 5 rings (SSSR count). The molecule has 0 bridgehead atoms. The lowest BCUT2D eigenvalue weighted by Crippen LogP contribution is -2.02. The Balaban J connectivity index is 1.43. The second kappa shape index (κ2) is 9.53. The number of carbonyl (C=O) groups excluding carboxylic acids is 1. The molecule has 5 aromatic rings. The van der Waals surface area contributed by atoms with Gasteiger partial charge in [-0.25, -0.2) is 15.0 Å². The number of aryl methyl sites for hydroxylation is 1. The van der Waals surface area contributed by atoms with Crippen LogP contribution in [-0.2, 0) is 6.54 Å². The first-order chi connectivity index (χ1) is 16.3. The molecule has 33 heavy (non-hydrogen) atoms. The largest absolute Gasteiger partial charge is 0.337 e. The van der Waals surface area contributed by atoms with E-state index in [-0.39, 0.29) is 5.78 Å². The zero-order chi connectivity index (χ0) is 22.5. The summed E-state index contributed by atoms with van der Waals surface area (Å²) in [6, 6.07) is 19.5. The normalized spacial score (nSPS) is 11.0. The zero-order valence-electron chi connectivity index (χ0n) is 18.1. The molecule has 0 fully saturated rings. The van der Waals surface area contributed by atoms with Gasteiger partial charge in [0.15, 0.2) is 5.78 Å². The highest BCUT2D eigenvalue weighted by atomic mass is 16.1.